The fourth-order valence-electron chi connectivity index (χ4n) is 1.56. The van der Waals surface area contributed by atoms with Crippen molar-refractivity contribution in [2.45, 2.75) is 9.64 Å². The number of carbonyl (C=O) groups is 1. The first kappa shape index (κ1) is 12.3. The van der Waals surface area contributed by atoms with Gasteiger partial charge in [-0.2, -0.15) is 0 Å². The van der Waals surface area contributed by atoms with Gasteiger partial charge in [0.1, 0.15) is 5.75 Å². The molecule has 1 heterocycles. The second-order valence-corrected chi connectivity index (χ2v) is 5.21. The molecule has 92 valence electrons. The van der Waals surface area contributed by atoms with Crippen molar-refractivity contribution >= 4 is 17.7 Å². The van der Waals surface area contributed by atoms with Gasteiger partial charge < -0.3 is 14.2 Å². The molecule has 1 saturated heterocycles. The van der Waals surface area contributed by atoms with Crippen LogP contribution in [0.3, 0.4) is 0 Å². The number of esters is 1. The number of hydrogen-bond donors (Lipinski definition) is 0. The molecule has 5 heteroatoms. The van der Waals surface area contributed by atoms with Gasteiger partial charge in [-0.05, 0) is 24.3 Å². The van der Waals surface area contributed by atoms with Gasteiger partial charge in [-0.25, -0.2) is 0 Å². The van der Waals surface area contributed by atoms with Crippen molar-refractivity contribution in [2.24, 2.45) is 0 Å². The van der Waals surface area contributed by atoms with E-state index < -0.39 is 4.75 Å². The van der Waals surface area contributed by atoms with Crippen LogP contribution in [-0.4, -0.2) is 38.1 Å². The highest BCUT2D eigenvalue weighted by Crippen LogP contribution is 2.40. The van der Waals surface area contributed by atoms with Crippen LogP contribution in [0.2, 0.25) is 0 Å². The molecule has 1 aliphatic heterocycles. The first-order valence-electron chi connectivity index (χ1n) is 5.19. The molecule has 4 nitrogen and oxygen atoms in total. The summed E-state index contributed by atoms with van der Waals surface area (Å²) in [5, 5.41) is 0. The lowest BCUT2D eigenvalue weighted by Crippen LogP contribution is -2.53. The summed E-state index contributed by atoms with van der Waals surface area (Å²) in [6, 6.07) is 7.58. The van der Waals surface area contributed by atoms with Crippen molar-refractivity contribution in [1.29, 1.82) is 0 Å². The Labute approximate surface area is 104 Å². The van der Waals surface area contributed by atoms with Crippen LogP contribution in [0.1, 0.15) is 0 Å². The molecule has 1 fully saturated rings. The van der Waals surface area contributed by atoms with Gasteiger partial charge in [-0.3, -0.25) is 4.79 Å². The highest BCUT2D eigenvalue weighted by molar-refractivity contribution is 8.01. The SMILES string of the molecule is COC(=O)C1(Sc2ccc(OC)cc2)COC1. The monoisotopic (exact) mass is 254 g/mol. The summed E-state index contributed by atoms with van der Waals surface area (Å²) in [6.07, 6.45) is 0. The molecule has 0 saturated carbocycles. The third-order valence-corrected chi connectivity index (χ3v) is 3.90. The van der Waals surface area contributed by atoms with Crippen molar-refractivity contribution in [3.05, 3.63) is 24.3 Å². The van der Waals surface area contributed by atoms with Crippen LogP contribution in [-0.2, 0) is 14.3 Å². The van der Waals surface area contributed by atoms with E-state index in [9.17, 15) is 4.79 Å². The Balaban J connectivity index is 2.10. The Morgan fingerprint density at radius 1 is 1.29 bits per heavy atom. The van der Waals surface area contributed by atoms with Crippen LogP contribution >= 0.6 is 11.8 Å². The maximum absolute atomic E-state index is 11.7. The van der Waals surface area contributed by atoms with Gasteiger partial charge in [0.05, 0.1) is 27.4 Å². The first-order valence-corrected chi connectivity index (χ1v) is 6.01. The van der Waals surface area contributed by atoms with E-state index in [1.165, 1.54) is 18.9 Å². The van der Waals surface area contributed by atoms with Gasteiger partial charge in [0.2, 0.25) is 0 Å². The standard InChI is InChI=1S/C12H14O4S/c1-14-9-3-5-10(6-4-9)17-12(7-16-8-12)11(13)15-2/h3-6H,7-8H2,1-2H3. The van der Waals surface area contributed by atoms with Crippen LogP contribution in [0, 0.1) is 0 Å². The first-order chi connectivity index (χ1) is 8.20. The molecule has 2 rings (SSSR count). The number of carbonyl (C=O) groups excluding carboxylic acids is 1. The van der Waals surface area contributed by atoms with Crippen molar-refractivity contribution in [1.82, 2.24) is 0 Å². The quantitative estimate of drug-likeness (QED) is 0.766. The molecule has 0 unspecified atom stereocenters. The maximum atomic E-state index is 11.7. The number of hydrogen-bond acceptors (Lipinski definition) is 5. The van der Waals surface area contributed by atoms with Crippen molar-refractivity contribution in [3.63, 3.8) is 0 Å². The summed E-state index contributed by atoms with van der Waals surface area (Å²) < 4.78 is 14.4. The van der Waals surface area contributed by atoms with E-state index in [2.05, 4.69) is 0 Å². The molecule has 0 amide bonds. The topological polar surface area (TPSA) is 44.8 Å². The fraction of sp³-hybridized carbons (Fsp3) is 0.417. The molecular weight excluding hydrogens is 240 g/mol. The zero-order chi connectivity index (χ0) is 12.3. The summed E-state index contributed by atoms with van der Waals surface area (Å²) >= 11 is 1.47. The van der Waals surface area contributed by atoms with E-state index in [4.69, 9.17) is 14.2 Å². The minimum Gasteiger partial charge on any atom is -0.497 e. The number of ether oxygens (including phenoxy) is 3. The average Bonchev–Trinajstić information content (AvgIpc) is 2.33. The Kier molecular flexibility index (Phi) is 3.59. The van der Waals surface area contributed by atoms with E-state index in [0.29, 0.717) is 13.2 Å². The Hall–Kier alpha value is -1.20. The van der Waals surface area contributed by atoms with Crippen LogP contribution in [0.25, 0.3) is 0 Å². The van der Waals surface area contributed by atoms with E-state index in [1.807, 2.05) is 24.3 Å². The normalized spacial score (nSPS) is 17.1. The van der Waals surface area contributed by atoms with Crippen molar-refractivity contribution < 1.29 is 19.0 Å². The average molecular weight is 254 g/mol. The lowest BCUT2D eigenvalue weighted by molar-refractivity contribution is -0.155. The summed E-state index contributed by atoms with van der Waals surface area (Å²) in [4.78, 5) is 12.7. The van der Waals surface area contributed by atoms with Gasteiger partial charge in [0, 0.05) is 4.90 Å². The molecule has 0 aliphatic carbocycles. The Morgan fingerprint density at radius 2 is 1.94 bits per heavy atom. The molecule has 0 spiro atoms. The third-order valence-electron chi connectivity index (χ3n) is 2.60. The Bertz CT molecular complexity index is 397. The van der Waals surface area contributed by atoms with Gasteiger partial charge in [0.15, 0.2) is 4.75 Å². The smallest absolute Gasteiger partial charge is 0.327 e. The van der Waals surface area contributed by atoms with E-state index in [-0.39, 0.29) is 5.97 Å². The molecule has 1 aromatic carbocycles. The Morgan fingerprint density at radius 3 is 2.35 bits per heavy atom. The largest absolute Gasteiger partial charge is 0.497 e. The minimum atomic E-state index is -0.580. The lowest BCUT2D eigenvalue weighted by atomic mass is 10.1. The number of benzene rings is 1. The summed E-state index contributed by atoms with van der Waals surface area (Å²) in [7, 11) is 3.02. The highest BCUT2D eigenvalue weighted by Gasteiger charge is 2.48. The lowest BCUT2D eigenvalue weighted by Gasteiger charge is -2.37. The molecule has 1 aliphatic rings. The minimum absolute atomic E-state index is 0.232. The van der Waals surface area contributed by atoms with Crippen molar-refractivity contribution in [3.8, 4) is 5.75 Å². The van der Waals surface area contributed by atoms with E-state index in [1.54, 1.807) is 7.11 Å². The number of methoxy groups -OCH3 is 2. The fourth-order valence-corrected chi connectivity index (χ4v) is 2.74. The molecule has 1 aromatic rings. The van der Waals surface area contributed by atoms with E-state index >= 15 is 0 Å². The molecule has 0 atom stereocenters. The predicted octanol–water partition coefficient (Wildman–Crippen LogP) is 1.73. The second-order valence-electron chi connectivity index (χ2n) is 3.76. The molecular formula is C12H14O4S. The maximum Gasteiger partial charge on any atom is 0.327 e. The van der Waals surface area contributed by atoms with Gasteiger partial charge in [0.25, 0.3) is 0 Å². The van der Waals surface area contributed by atoms with Gasteiger partial charge >= 0.3 is 5.97 Å². The number of rotatable bonds is 4. The van der Waals surface area contributed by atoms with Crippen molar-refractivity contribution in [2.75, 3.05) is 27.4 Å². The summed E-state index contributed by atoms with van der Waals surface area (Å²) in [5.41, 5.74) is 0. The van der Waals surface area contributed by atoms with Crippen LogP contribution in [0.5, 0.6) is 5.75 Å². The molecule has 0 aromatic heterocycles. The summed E-state index contributed by atoms with van der Waals surface area (Å²) in [5.74, 6) is 0.566. The molecule has 0 bridgehead atoms. The predicted molar refractivity (Wildman–Crippen MR) is 64.4 cm³/mol. The zero-order valence-corrected chi connectivity index (χ0v) is 10.6. The van der Waals surface area contributed by atoms with Gasteiger partial charge in [-0.1, -0.05) is 0 Å². The third kappa shape index (κ3) is 2.40. The number of thioether (sulfide) groups is 1. The second kappa shape index (κ2) is 4.98. The molecule has 17 heavy (non-hydrogen) atoms. The van der Waals surface area contributed by atoms with Crippen LogP contribution < -0.4 is 4.74 Å². The summed E-state index contributed by atoms with van der Waals surface area (Å²) in [6.45, 7) is 0.798. The van der Waals surface area contributed by atoms with Gasteiger partial charge in [-0.15, -0.1) is 11.8 Å². The van der Waals surface area contributed by atoms with E-state index in [0.717, 1.165) is 10.6 Å². The highest BCUT2D eigenvalue weighted by atomic mass is 32.2. The molecule has 0 N–H and O–H groups in total. The van der Waals surface area contributed by atoms with Crippen LogP contribution in [0.4, 0.5) is 0 Å². The van der Waals surface area contributed by atoms with Crippen LogP contribution in [0.15, 0.2) is 29.2 Å². The zero-order valence-electron chi connectivity index (χ0n) is 9.76. The molecule has 0 radical (unpaired) electrons.